The van der Waals surface area contributed by atoms with Crippen LogP contribution in [0, 0.1) is 28.1 Å². The van der Waals surface area contributed by atoms with E-state index < -0.39 is 26.4 Å². The molecule has 0 aromatic heterocycles. The predicted octanol–water partition coefficient (Wildman–Crippen LogP) is 3.31. The molecule has 0 radical (unpaired) electrons. The fraction of sp³-hybridized carbons (Fsp3) is 0.176. The first kappa shape index (κ1) is 15.6. The monoisotopic (exact) mass is 342 g/mol. The van der Waals surface area contributed by atoms with E-state index in [1.807, 2.05) is 12.1 Å². The van der Waals surface area contributed by atoms with Gasteiger partial charge in [-0.25, -0.2) is 8.42 Å². The minimum absolute atomic E-state index is 0.0696. The highest BCUT2D eigenvalue weighted by molar-refractivity contribution is 7.92. The molecule has 0 spiro atoms. The van der Waals surface area contributed by atoms with E-state index >= 15 is 0 Å². The largest absolute Gasteiger partial charge is 0.223 e. The Balaban J connectivity index is 2.10. The smallest absolute Gasteiger partial charge is 0.184 e. The molecular weight excluding hydrogens is 332 g/mol. The maximum atomic E-state index is 12.9. The molecule has 0 unspecified atom stereocenters. The number of rotatable bonds is 3. The van der Waals surface area contributed by atoms with Crippen LogP contribution in [-0.4, -0.2) is 13.7 Å². The van der Waals surface area contributed by atoms with Crippen molar-refractivity contribution in [1.82, 2.24) is 0 Å². The van der Waals surface area contributed by atoms with E-state index in [0.29, 0.717) is 10.6 Å². The molecule has 3 rings (SSSR count). The summed E-state index contributed by atoms with van der Waals surface area (Å²) in [7, 11) is -3.82. The van der Waals surface area contributed by atoms with Gasteiger partial charge in [-0.1, -0.05) is 41.9 Å². The van der Waals surface area contributed by atoms with Gasteiger partial charge in [0.2, 0.25) is 0 Å². The van der Waals surface area contributed by atoms with Gasteiger partial charge in [-0.05, 0) is 29.8 Å². The maximum Gasteiger partial charge on any atom is 0.184 e. The van der Waals surface area contributed by atoms with Crippen LogP contribution in [0.1, 0.15) is 11.5 Å². The highest BCUT2D eigenvalue weighted by Crippen LogP contribution is 2.63. The summed E-state index contributed by atoms with van der Waals surface area (Å²) in [5, 5.41) is 18.3. The van der Waals surface area contributed by atoms with Gasteiger partial charge in [0, 0.05) is 10.9 Å². The Labute approximate surface area is 139 Å². The summed E-state index contributed by atoms with van der Waals surface area (Å²) in [5.41, 5.74) is -0.877. The minimum atomic E-state index is -3.82. The molecule has 0 amide bonds. The van der Waals surface area contributed by atoms with Crippen LogP contribution in [0.15, 0.2) is 59.5 Å². The molecule has 2 aromatic rings. The molecule has 2 atom stereocenters. The quantitative estimate of drug-likeness (QED) is 0.856. The molecule has 1 aliphatic rings. The molecule has 0 N–H and O–H groups in total. The molecule has 0 aliphatic heterocycles. The standard InChI is InChI=1S/C17H11ClN2O2S/c18-13-6-8-14(9-7-13)23(21,22)16-15(17(16,10-19)11-20)12-4-2-1-3-5-12/h1-9,15-16H/t15-,16-/m1/s1. The summed E-state index contributed by atoms with van der Waals surface area (Å²) < 4.78 is 25.8. The first-order chi connectivity index (χ1) is 11.0. The molecule has 23 heavy (non-hydrogen) atoms. The van der Waals surface area contributed by atoms with E-state index in [1.54, 1.807) is 30.3 Å². The van der Waals surface area contributed by atoms with E-state index in [9.17, 15) is 18.9 Å². The second kappa shape index (κ2) is 5.38. The third kappa shape index (κ3) is 2.30. The number of sulfone groups is 1. The summed E-state index contributed by atoms with van der Waals surface area (Å²) in [6.45, 7) is 0. The van der Waals surface area contributed by atoms with Gasteiger partial charge in [-0.2, -0.15) is 10.5 Å². The van der Waals surface area contributed by atoms with Crippen LogP contribution in [0.3, 0.4) is 0 Å². The molecule has 6 heteroatoms. The molecule has 114 valence electrons. The van der Waals surface area contributed by atoms with Crippen LogP contribution in [0.2, 0.25) is 5.02 Å². The average molecular weight is 343 g/mol. The lowest BCUT2D eigenvalue weighted by molar-refractivity contribution is 0.591. The Hall–Kier alpha value is -2.34. The van der Waals surface area contributed by atoms with Gasteiger partial charge in [0.1, 0.15) is 5.25 Å². The van der Waals surface area contributed by atoms with Crippen molar-refractivity contribution in [2.45, 2.75) is 16.1 Å². The Kier molecular flexibility index (Phi) is 3.64. The summed E-state index contributed by atoms with van der Waals surface area (Å²) >= 11 is 5.79. The van der Waals surface area contributed by atoms with Crippen molar-refractivity contribution < 1.29 is 8.42 Å². The third-order valence-corrected chi connectivity index (χ3v) is 6.63. The topological polar surface area (TPSA) is 81.7 Å². The maximum absolute atomic E-state index is 12.9. The Bertz CT molecular complexity index is 911. The van der Waals surface area contributed by atoms with Gasteiger partial charge >= 0.3 is 0 Å². The number of nitrogens with zero attached hydrogens (tertiary/aromatic N) is 2. The van der Waals surface area contributed by atoms with Crippen molar-refractivity contribution in [1.29, 1.82) is 10.5 Å². The SMILES string of the molecule is N#CC1(C#N)[C@H](c2ccccc2)[C@H]1S(=O)(=O)c1ccc(Cl)cc1. The number of hydrogen-bond acceptors (Lipinski definition) is 4. The van der Waals surface area contributed by atoms with Crippen LogP contribution >= 0.6 is 11.6 Å². The molecule has 0 bridgehead atoms. The molecule has 2 aromatic carbocycles. The summed E-state index contributed by atoms with van der Waals surface area (Å²) in [6.07, 6.45) is 0. The highest BCUT2D eigenvalue weighted by Gasteiger charge is 2.73. The van der Waals surface area contributed by atoms with Crippen molar-refractivity contribution in [2.75, 3.05) is 0 Å². The van der Waals surface area contributed by atoms with Gasteiger partial charge in [0.25, 0.3) is 0 Å². The molecule has 4 nitrogen and oxygen atoms in total. The van der Waals surface area contributed by atoms with Crippen LogP contribution in [-0.2, 0) is 9.84 Å². The lowest BCUT2D eigenvalue weighted by Gasteiger charge is -2.04. The van der Waals surface area contributed by atoms with Gasteiger partial charge in [-0.15, -0.1) is 0 Å². The first-order valence-corrected chi connectivity index (χ1v) is 8.77. The molecule has 0 saturated heterocycles. The van der Waals surface area contributed by atoms with Crippen molar-refractivity contribution >= 4 is 21.4 Å². The third-order valence-electron chi connectivity index (χ3n) is 4.14. The van der Waals surface area contributed by atoms with E-state index in [1.165, 1.54) is 24.3 Å². The zero-order chi connectivity index (χ0) is 16.7. The van der Waals surface area contributed by atoms with Gasteiger partial charge in [0.15, 0.2) is 15.3 Å². The molecule has 0 heterocycles. The lowest BCUT2D eigenvalue weighted by Crippen LogP contribution is -2.14. The number of nitriles is 2. The van der Waals surface area contributed by atoms with E-state index in [-0.39, 0.29) is 4.90 Å². The predicted molar refractivity (Wildman–Crippen MR) is 85.3 cm³/mol. The Morgan fingerprint density at radius 2 is 1.52 bits per heavy atom. The highest BCUT2D eigenvalue weighted by atomic mass is 35.5. The van der Waals surface area contributed by atoms with Crippen LogP contribution in [0.5, 0.6) is 0 Å². The summed E-state index contributed by atoms with van der Waals surface area (Å²) in [4.78, 5) is 0.0696. The van der Waals surface area contributed by atoms with E-state index in [0.717, 1.165) is 0 Å². The van der Waals surface area contributed by atoms with Crippen LogP contribution in [0.4, 0.5) is 0 Å². The zero-order valence-corrected chi connectivity index (χ0v) is 13.4. The lowest BCUT2D eigenvalue weighted by atomic mass is 10.0. The van der Waals surface area contributed by atoms with Gasteiger partial charge in [0.05, 0.1) is 17.0 Å². The molecule has 1 saturated carbocycles. The average Bonchev–Trinajstić information content (AvgIpc) is 3.27. The van der Waals surface area contributed by atoms with Crippen molar-refractivity contribution in [3.8, 4) is 12.1 Å². The van der Waals surface area contributed by atoms with E-state index in [4.69, 9.17) is 11.6 Å². The van der Waals surface area contributed by atoms with Crippen molar-refractivity contribution in [2.24, 2.45) is 5.41 Å². The molecule has 1 aliphatic carbocycles. The normalized spacial score (nSPS) is 21.9. The minimum Gasteiger partial charge on any atom is -0.223 e. The first-order valence-electron chi connectivity index (χ1n) is 6.84. The zero-order valence-electron chi connectivity index (χ0n) is 11.8. The van der Waals surface area contributed by atoms with Gasteiger partial charge < -0.3 is 0 Å². The second-order valence-electron chi connectivity index (χ2n) is 5.40. The van der Waals surface area contributed by atoms with Gasteiger partial charge in [-0.3, -0.25) is 0 Å². The Morgan fingerprint density at radius 1 is 0.957 bits per heavy atom. The fourth-order valence-corrected chi connectivity index (χ4v) is 5.27. The molecule has 1 fully saturated rings. The van der Waals surface area contributed by atoms with Crippen molar-refractivity contribution in [3.05, 3.63) is 65.2 Å². The van der Waals surface area contributed by atoms with E-state index in [2.05, 4.69) is 0 Å². The number of hydrogen-bond donors (Lipinski definition) is 0. The summed E-state index contributed by atoms with van der Waals surface area (Å²) in [5.74, 6) is -0.653. The Morgan fingerprint density at radius 3 is 2.04 bits per heavy atom. The van der Waals surface area contributed by atoms with Crippen LogP contribution < -0.4 is 0 Å². The van der Waals surface area contributed by atoms with Crippen LogP contribution in [0.25, 0.3) is 0 Å². The summed E-state index contributed by atoms with van der Waals surface area (Å²) in [6, 6.07) is 18.4. The number of benzene rings is 2. The second-order valence-corrected chi connectivity index (χ2v) is 7.91. The van der Waals surface area contributed by atoms with Crippen molar-refractivity contribution in [3.63, 3.8) is 0 Å². The fourth-order valence-electron chi connectivity index (χ4n) is 2.94. The number of halogens is 1. The molecular formula is C17H11ClN2O2S.